The van der Waals surface area contributed by atoms with Crippen molar-refractivity contribution in [2.24, 2.45) is 11.8 Å². The molecule has 0 aliphatic rings. The summed E-state index contributed by atoms with van der Waals surface area (Å²) in [5.41, 5.74) is 4.72. The van der Waals surface area contributed by atoms with Crippen LogP contribution in [0.5, 0.6) is 0 Å². The third-order valence-corrected chi connectivity index (χ3v) is 5.28. The first-order chi connectivity index (χ1) is 15.5. The smallest absolute Gasteiger partial charge is 0.179 e. The first kappa shape index (κ1) is 21.9. The number of nitrogens with one attached hydrogen (secondary N) is 1. The van der Waals surface area contributed by atoms with Crippen molar-refractivity contribution in [2.45, 2.75) is 53.5 Å². The second-order valence-corrected chi connectivity index (χ2v) is 9.24. The summed E-state index contributed by atoms with van der Waals surface area (Å²) >= 11 is 0. The number of tetrazole rings is 1. The molecule has 0 saturated carbocycles. The maximum atomic E-state index is 4.82. The molecule has 0 aliphatic carbocycles. The highest BCUT2D eigenvalue weighted by Gasteiger charge is 2.13. The Morgan fingerprint density at radius 1 is 0.875 bits per heavy atom. The van der Waals surface area contributed by atoms with E-state index in [9.17, 15) is 0 Å². The maximum absolute atomic E-state index is 4.82. The first-order valence-electron chi connectivity index (χ1n) is 11.3. The van der Waals surface area contributed by atoms with Crippen molar-refractivity contribution in [1.29, 1.82) is 0 Å². The summed E-state index contributed by atoms with van der Waals surface area (Å²) in [4.78, 5) is 4.82. The van der Waals surface area contributed by atoms with Crippen LogP contribution in [0.4, 0.5) is 0 Å². The highest BCUT2D eigenvalue weighted by atomic mass is 15.5. The van der Waals surface area contributed by atoms with Crippen molar-refractivity contribution in [2.75, 3.05) is 0 Å². The Bertz CT molecular complexity index is 1130. The quantitative estimate of drug-likeness (QED) is 0.424. The van der Waals surface area contributed by atoms with E-state index in [-0.39, 0.29) is 0 Å². The number of rotatable bonds is 9. The molecule has 0 atom stereocenters. The third kappa shape index (κ3) is 5.66. The Balaban J connectivity index is 1.46. The number of hydrogen-bond acceptors (Lipinski definition) is 5. The SMILES string of the molecule is CC(C)Cc1nc(CC(C)C)n(Cc2ccc(Cc3cccc(-c4nnn[nH]4)c3)cc2)n1. The Morgan fingerprint density at radius 3 is 2.31 bits per heavy atom. The Hall–Kier alpha value is -3.35. The summed E-state index contributed by atoms with van der Waals surface area (Å²) in [5, 5.41) is 18.9. The molecule has 166 valence electrons. The van der Waals surface area contributed by atoms with E-state index < -0.39 is 0 Å². The minimum Gasteiger partial charge on any atom is -0.245 e. The lowest BCUT2D eigenvalue weighted by Gasteiger charge is -2.09. The van der Waals surface area contributed by atoms with Crippen LogP contribution in [0.3, 0.4) is 0 Å². The zero-order valence-electron chi connectivity index (χ0n) is 19.3. The van der Waals surface area contributed by atoms with E-state index in [0.29, 0.717) is 17.7 Å². The van der Waals surface area contributed by atoms with Crippen LogP contribution in [0.2, 0.25) is 0 Å². The molecule has 4 rings (SSSR count). The summed E-state index contributed by atoms with van der Waals surface area (Å²) in [6, 6.07) is 17.1. The molecular formula is C25H31N7. The van der Waals surface area contributed by atoms with Gasteiger partial charge in [0.1, 0.15) is 5.82 Å². The van der Waals surface area contributed by atoms with Gasteiger partial charge < -0.3 is 0 Å². The van der Waals surface area contributed by atoms with Crippen LogP contribution in [0, 0.1) is 11.8 Å². The van der Waals surface area contributed by atoms with E-state index in [0.717, 1.165) is 43.0 Å². The number of H-pyrrole nitrogens is 1. The molecule has 4 aromatic rings. The molecular weight excluding hydrogens is 398 g/mol. The fraction of sp³-hybridized carbons (Fsp3) is 0.400. The van der Waals surface area contributed by atoms with Crippen molar-refractivity contribution < 1.29 is 0 Å². The molecule has 2 aromatic carbocycles. The second kappa shape index (κ2) is 9.85. The lowest BCUT2D eigenvalue weighted by Crippen LogP contribution is -2.09. The topological polar surface area (TPSA) is 85.2 Å². The van der Waals surface area contributed by atoms with Crippen LogP contribution in [0.15, 0.2) is 48.5 Å². The Kier molecular flexibility index (Phi) is 6.73. The highest BCUT2D eigenvalue weighted by Crippen LogP contribution is 2.19. The summed E-state index contributed by atoms with van der Waals surface area (Å²) in [6.07, 6.45) is 2.72. The zero-order chi connectivity index (χ0) is 22.5. The van der Waals surface area contributed by atoms with E-state index in [1.165, 1.54) is 16.7 Å². The molecule has 1 N–H and O–H groups in total. The van der Waals surface area contributed by atoms with Crippen LogP contribution in [0.25, 0.3) is 11.4 Å². The van der Waals surface area contributed by atoms with E-state index >= 15 is 0 Å². The predicted molar refractivity (Wildman–Crippen MR) is 125 cm³/mol. The van der Waals surface area contributed by atoms with Gasteiger partial charge in [-0.05, 0) is 51.4 Å². The molecule has 0 fully saturated rings. The Morgan fingerprint density at radius 2 is 1.62 bits per heavy atom. The van der Waals surface area contributed by atoms with Gasteiger partial charge in [-0.15, -0.1) is 5.10 Å². The van der Waals surface area contributed by atoms with Gasteiger partial charge in [-0.1, -0.05) is 70.2 Å². The van der Waals surface area contributed by atoms with E-state index in [1.54, 1.807) is 0 Å². The molecule has 7 heteroatoms. The normalized spacial score (nSPS) is 11.6. The summed E-state index contributed by atoms with van der Waals surface area (Å²) in [5.74, 6) is 3.82. The number of hydrogen-bond donors (Lipinski definition) is 1. The van der Waals surface area contributed by atoms with Crippen molar-refractivity contribution >= 4 is 0 Å². The zero-order valence-corrected chi connectivity index (χ0v) is 19.3. The molecule has 7 nitrogen and oxygen atoms in total. The molecule has 2 aromatic heterocycles. The molecule has 2 heterocycles. The Labute approximate surface area is 189 Å². The van der Waals surface area contributed by atoms with E-state index in [4.69, 9.17) is 10.1 Å². The second-order valence-electron chi connectivity index (χ2n) is 9.24. The molecule has 0 saturated heterocycles. The fourth-order valence-corrected chi connectivity index (χ4v) is 3.80. The van der Waals surface area contributed by atoms with Gasteiger partial charge in [0, 0.05) is 18.4 Å². The number of nitrogens with zero attached hydrogens (tertiary/aromatic N) is 6. The van der Waals surface area contributed by atoms with E-state index in [1.807, 2.05) is 12.1 Å². The number of benzene rings is 2. The van der Waals surface area contributed by atoms with Crippen LogP contribution in [0.1, 0.15) is 56.0 Å². The largest absolute Gasteiger partial charge is 0.245 e. The number of aromatic amines is 1. The highest BCUT2D eigenvalue weighted by molar-refractivity contribution is 5.55. The average molecular weight is 430 g/mol. The summed E-state index contributed by atoms with van der Waals surface area (Å²) < 4.78 is 2.08. The molecule has 0 amide bonds. The lowest BCUT2D eigenvalue weighted by molar-refractivity contribution is 0.560. The predicted octanol–water partition coefficient (Wildman–Crippen LogP) is 4.49. The molecule has 0 bridgehead atoms. The molecule has 0 unspecified atom stereocenters. The van der Waals surface area contributed by atoms with E-state index in [2.05, 4.69) is 89.4 Å². The average Bonchev–Trinajstić information content (AvgIpc) is 3.40. The van der Waals surface area contributed by atoms with Gasteiger partial charge in [-0.25, -0.2) is 14.8 Å². The standard InChI is InChI=1S/C25H31N7/c1-17(2)12-23-26-24(13-18(3)4)32(29-23)16-20-10-8-19(9-11-20)14-21-6-5-7-22(15-21)25-27-30-31-28-25/h5-11,15,17-18H,12-14,16H2,1-4H3,(H,27,28,30,31). The van der Waals surface area contributed by atoms with Crippen LogP contribution < -0.4 is 0 Å². The van der Waals surface area contributed by atoms with Crippen molar-refractivity contribution in [1.82, 2.24) is 35.4 Å². The molecule has 0 aliphatic heterocycles. The van der Waals surface area contributed by atoms with Gasteiger partial charge >= 0.3 is 0 Å². The van der Waals surface area contributed by atoms with Crippen LogP contribution in [-0.4, -0.2) is 35.4 Å². The van der Waals surface area contributed by atoms with Gasteiger partial charge in [0.2, 0.25) is 0 Å². The molecule has 32 heavy (non-hydrogen) atoms. The lowest BCUT2D eigenvalue weighted by atomic mass is 10.0. The van der Waals surface area contributed by atoms with Crippen molar-refractivity contribution in [3.05, 3.63) is 76.9 Å². The summed E-state index contributed by atoms with van der Waals surface area (Å²) in [6.45, 7) is 9.62. The van der Waals surface area contributed by atoms with Crippen LogP contribution in [-0.2, 0) is 25.8 Å². The minimum atomic E-state index is 0.552. The van der Waals surface area contributed by atoms with Crippen molar-refractivity contribution in [3.8, 4) is 11.4 Å². The van der Waals surface area contributed by atoms with Gasteiger partial charge in [0.15, 0.2) is 11.6 Å². The van der Waals surface area contributed by atoms with Gasteiger partial charge in [0.25, 0.3) is 0 Å². The number of aromatic nitrogens is 7. The minimum absolute atomic E-state index is 0.552. The maximum Gasteiger partial charge on any atom is 0.179 e. The third-order valence-electron chi connectivity index (χ3n) is 5.28. The van der Waals surface area contributed by atoms with Gasteiger partial charge in [-0.2, -0.15) is 5.10 Å². The van der Waals surface area contributed by atoms with Gasteiger partial charge in [0.05, 0.1) is 6.54 Å². The van der Waals surface area contributed by atoms with Crippen molar-refractivity contribution in [3.63, 3.8) is 0 Å². The van der Waals surface area contributed by atoms with Crippen LogP contribution >= 0.6 is 0 Å². The molecule has 0 radical (unpaired) electrons. The first-order valence-corrected chi connectivity index (χ1v) is 11.3. The monoisotopic (exact) mass is 429 g/mol. The molecule has 0 spiro atoms. The van der Waals surface area contributed by atoms with Gasteiger partial charge in [-0.3, -0.25) is 0 Å². The summed E-state index contributed by atoms with van der Waals surface area (Å²) in [7, 11) is 0. The fourth-order valence-electron chi connectivity index (χ4n) is 3.80.